The van der Waals surface area contributed by atoms with Crippen LogP contribution in [0, 0.1) is 19.8 Å². The van der Waals surface area contributed by atoms with Crippen LogP contribution in [0.3, 0.4) is 0 Å². The molecule has 0 radical (unpaired) electrons. The van der Waals surface area contributed by atoms with Crippen LogP contribution in [0.25, 0.3) is 0 Å². The van der Waals surface area contributed by atoms with Gasteiger partial charge in [0.2, 0.25) is 5.91 Å². The van der Waals surface area contributed by atoms with E-state index in [0.717, 1.165) is 63.7 Å². The van der Waals surface area contributed by atoms with Crippen LogP contribution in [-0.2, 0) is 11.3 Å². The third kappa shape index (κ3) is 4.81. The Morgan fingerprint density at radius 1 is 0.933 bits per heavy atom. The Labute approximate surface area is 185 Å². The molecule has 1 amide bonds. The molecule has 2 heterocycles. The molecule has 30 heavy (non-hydrogen) atoms. The minimum atomic E-state index is 0.178. The fraction of sp³-hybridized carbons (Fsp3) is 0.480. The molecule has 2 saturated heterocycles. The molecule has 2 aliphatic heterocycles. The lowest BCUT2D eigenvalue weighted by Gasteiger charge is -2.39. The highest BCUT2D eigenvalue weighted by Crippen LogP contribution is 2.27. The minimum absolute atomic E-state index is 0.178. The van der Waals surface area contributed by atoms with Crippen LogP contribution in [-0.4, -0.2) is 55.0 Å². The molecule has 2 aromatic rings. The molecule has 2 aliphatic rings. The van der Waals surface area contributed by atoms with Crippen molar-refractivity contribution in [2.24, 2.45) is 5.92 Å². The summed E-state index contributed by atoms with van der Waals surface area (Å²) in [6, 6.07) is 14.6. The summed E-state index contributed by atoms with van der Waals surface area (Å²) in [5.74, 6) is 0.533. The van der Waals surface area contributed by atoms with Crippen LogP contribution >= 0.6 is 11.6 Å². The van der Waals surface area contributed by atoms with Gasteiger partial charge in [0.1, 0.15) is 0 Å². The number of nitrogens with zero attached hydrogens (tertiary/aromatic N) is 3. The Kier molecular flexibility index (Phi) is 6.64. The zero-order valence-corrected chi connectivity index (χ0v) is 18.9. The summed E-state index contributed by atoms with van der Waals surface area (Å²) in [6.45, 7) is 10.6. The van der Waals surface area contributed by atoms with Crippen molar-refractivity contribution in [3.05, 3.63) is 64.2 Å². The van der Waals surface area contributed by atoms with Gasteiger partial charge in [0, 0.05) is 49.4 Å². The van der Waals surface area contributed by atoms with E-state index in [9.17, 15) is 4.79 Å². The molecular weight excluding hydrogens is 394 g/mol. The maximum absolute atomic E-state index is 13.1. The van der Waals surface area contributed by atoms with Gasteiger partial charge in [-0.1, -0.05) is 41.9 Å². The largest absolute Gasteiger partial charge is 0.368 e. The first-order valence-electron chi connectivity index (χ1n) is 11.1. The smallest absolute Gasteiger partial charge is 0.225 e. The van der Waals surface area contributed by atoms with Gasteiger partial charge in [0.05, 0.1) is 0 Å². The third-order valence-corrected chi connectivity index (χ3v) is 6.93. The molecule has 2 aromatic carbocycles. The topological polar surface area (TPSA) is 26.8 Å². The van der Waals surface area contributed by atoms with Crippen molar-refractivity contribution in [2.45, 2.75) is 33.2 Å². The Bertz CT molecular complexity index is 884. The highest BCUT2D eigenvalue weighted by Gasteiger charge is 2.30. The van der Waals surface area contributed by atoms with E-state index in [1.807, 2.05) is 12.1 Å². The average molecular weight is 426 g/mol. The van der Waals surface area contributed by atoms with Crippen molar-refractivity contribution in [3.63, 3.8) is 0 Å². The molecule has 0 atom stereocenters. The number of piperazine rings is 1. The van der Waals surface area contributed by atoms with Crippen LogP contribution in [0.2, 0.25) is 5.02 Å². The fourth-order valence-electron chi connectivity index (χ4n) is 4.72. The number of anilines is 1. The zero-order chi connectivity index (χ0) is 21.1. The Balaban J connectivity index is 1.27. The standard InChI is InChI=1S/C25H32ClN3O/c1-19-5-3-4-6-22(19)18-27-11-9-21(10-12-27)25(30)29-15-13-28(14-16-29)24-17-23(26)8-7-20(24)2/h3-8,17,21H,9-16,18H2,1-2H3. The normalized spacial score (nSPS) is 18.6. The monoisotopic (exact) mass is 425 g/mol. The van der Waals surface area contributed by atoms with Gasteiger partial charge in [-0.05, 0) is 68.6 Å². The molecule has 0 aromatic heterocycles. The van der Waals surface area contributed by atoms with Gasteiger partial charge in [0.15, 0.2) is 0 Å². The van der Waals surface area contributed by atoms with Gasteiger partial charge in [-0.25, -0.2) is 0 Å². The van der Waals surface area contributed by atoms with Gasteiger partial charge in [-0.2, -0.15) is 0 Å². The molecule has 0 unspecified atom stereocenters. The Hall–Kier alpha value is -2.04. The number of aryl methyl sites for hydroxylation is 2. The molecule has 0 N–H and O–H groups in total. The number of carbonyl (C=O) groups excluding carboxylic acids is 1. The van der Waals surface area contributed by atoms with Crippen molar-refractivity contribution in [3.8, 4) is 0 Å². The van der Waals surface area contributed by atoms with Gasteiger partial charge >= 0.3 is 0 Å². The van der Waals surface area contributed by atoms with E-state index in [1.54, 1.807) is 0 Å². The maximum Gasteiger partial charge on any atom is 0.225 e. The van der Waals surface area contributed by atoms with Crippen molar-refractivity contribution in [1.29, 1.82) is 0 Å². The summed E-state index contributed by atoms with van der Waals surface area (Å²) < 4.78 is 0. The van der Waals surface area contributed by atoms with E-state index in [1.165, 1.54) is 22.4 Å². The Morgan fingerprint density at radius 2 is 1.63 bits per heavy atom. The van der Waals surface area contributed by atoms with E-state index in [4.69, 9.17) is 11.6 Å². The lowest BCUT2D eigenvalue weighted by atomic mass is 9.94. The zero-order valence-electron chi connectivity index (χ0n) is 18.1. The van der Waals surface area contributed by atoms with Crippen molar-refractivity contribution >= 4 is 23.2 Å². The molecule has 2 fully saturated rings. The van der Waals surface area contributed by atoms with Crippen LogP contribution in [0.15, 0.2) is 42.5 Å². The quantitative estimate of drug-likeness (QED) is 0.720. The van der Waals surface area contributed by atoms with Crippen LogP contribution < -0.4 is 4.90 Å². The molecule has 0 bridgehead atoms. The molecule has 4 nitrogen and oxygen atoms in total. The van der Waals surface area contributed by atoms with Crippen LogP contribution in [0.5, 0.6) is 0 Å². The summed E-state index contributed by atoms with van der Waals surface area (Å²) in [5.41, 5.74) is 5.18. The van der Waals surface area contributed by atoms with E-state index < -0.39 is 0 Å². The van der Waals surface area contributed by atoms with E-state index in [2.05, 4.69) is 58.9 Å². The number of amides is 1. The second-order valence-corrected chi connectivity index (χ2v) is 9.16. The summed E-state index contributed by atoms with van der Waals surface area (Å²) in [4.78, 5) is 20.0. The highest BCUT2D eigenvalue weighted by molar-refractivity contribution is 6.30. The number of carbonyl (C=O) groups is 1. The summed E-state index contributed by atoms with van der Waals surface area (Å²) in [5, 5.41) is 0.770. The second kappa shape index (κ2) is 9.40. The van der Waals surface area contributed by atoms with Crippen LogP contribution in [0.4, 0.5) is 5.69 Å². The highest BCUT2D eigenvalue weighted by atomic mass is 35.5. The molecule has 5 heteroatoms. The number of hydrogen-bond donors (Lipinski definition) is 0. The molecule has 0 saturated carbocycles. The second-order valence-electron chi connectivity index (χ2n) is 8.72. The summed E-state index contributed by atoms with van der Waals surface area (Å²) in [7, 11) is 0. The van der Waals surface area contributed by atoms with Gasteiger partial charge < -0.3 is 9.80 Å². The van der Waals surface area contributed by atoms with Gasteiger partial charge in [-0.15, -0.1) is 0 Å². The minimum Gasteiger partial charge on any atom is -0.368 e. The number of halogens is 1. The summed E-state index contributed by atoms with van der Waals surface area (Å²) in [6.07, 6.45) is 1.94. The van der Waals surface area contributed by atoms with E-state index in [0.29, 0.717) is 5.91 Å². The number of rotatable bonds is 4. The van der Waals surface area contributed by atoms with Crippen molar-refractivity contribution < 1.29 is 4.79 Å². The molecule has 0 spiro atoms. The van der Waals surface area contributed by atoms with Gasteiger partial charge in [0.25, 0.3) is 0 Å². The SMILES string of the molecule is Cc1ccccc1CN1CCC(C(=O)N2CCN(c3cc(Cl)ccc3C)CC2)CC1. The van der Waals surface area contributed by atoms with Crippen molar-refractivity contribution in [2.75, 3.05) is 44.2 Å². The molecule has 160 valence electrons. The molecular formula is C25H32ClN3O. The third-order valence-electron chi connectivity index (χ3n) is 6.70. The lowest BCUT2D eigenvalue weighted by molar-refractivity contribution is -0.137. The van der Waals surface area contributed by atoms with E-state index >= 15 is 0 Å². The van der Waals surface area contributed by atoms with E-state index in [-0.39, 0.29) is 5.92 Å². The predicted molar refractivity (Wildman–Crippen MR) is 124 cm³/mol. The Morgan fingerprint density at radius 3 is 2.33 bits per heavy atom. The first-order valence-corrected chi connectivity index (χ1v) is 11.5. The number of hydrogen-bond acceptors (Lipinski definition) is 3. The first-order chi connectivity index (χ1) is 14.5. The number of piperidine rings is 1. The first kappa shape index (κ1) is 21.2. The average Bonchev–Trinajstić information content (AvgIpc) is 2.77. The molecule has 0 aliphatic carbocycles. The summed E-state index contributed by atoms with van der Waals surface area (Å²) >= 11 is 6.19. The number of likely N-dealkylation sites (tertiary alicyclic amines) is 1. The van der Waals surface area contributed by atoms with Gasteiger partial charge in [-0.3, -0.25) is 9.69 Å². The number of benzene rings is 2. The predicted octanol–water partition coefficient (Wildman–Crippen LogP) is 4.52. The van der Waals surface area contributed by atoms with Crippen LogP contribution in [0.1, 0.15) is 29.5 Å². The maximum atomic E-state index is 13.1. The van der Waals surface area contributed by atoms with Crippen molar-refractivity contribution in [1.82, 2.24) is 9.80 Å². The molecule has 4 rings (SSSR count). The fourth-order valence-corrected chi connectivity index (χ4v) is 4.88. The lowest BCUT2D eigenvalue weighted by Crippen LogP contribution is -2.51.